The van der Waals surface area contributed by atoms with Crippen LogP contribution >= 0.6 is 11.6 Å². The van der Waals surface area contributed by atoms with Gasteiger partial charge in [-0.15, -0.1) is 70.9 Å². The van der Waals surface area contributed by atoms with Crippen LogP contribution in [0.15, 0.2) is 115 Å². The Labute approximate surface area is 207 Å². The summed E-state index contributed by atoms with van der Waals surface area (Å²) in [6.07, 6.45) is 0. The first-order valence-corrected chi connectivity index (χ1v) is 12.7. The van der Waals surface area contributed by atoms with Gasteiger partial charge in [0.2, 0.25) is 0 Å². The molecule has 0 nitrogen and oxygen atoms in total. The van der Waals surface area contributed by atoms with Crippen molar-refractivity contribution in [3.05, 3.63) is 121 Å². The van der Waals surface area contributed by atoms with Gasteiger partial charge < -0.3 is 0 Å². The molecule has 0 atom stereocenters. The van der Waals surface area contributed by atoms with E-state index in [1.54, 1.807) is 0 Å². The smallest absolute Gasteiger partial charge is 0.168 e. The molecule has 0 aliphatic heterocycles. The molecule has 0 aliphatic rings. The summed E-state index contributed by atoms with van der Waals surface area (Å²) >= 11 is 5.53. The molecule has 0 bridgehead atoms. The van der Waals surface area contributed by atoms with Gasteiger partial charge in [0.15, 0.2) is 0 Å². The van der Waals surface area contributed by atoms with Crippen molar-refractivity contribution in [2.75, 3.05) is 0 Å². The third kappa shape index (κ3) is 9.39. The number of alkyl halides is 1. The van der Waals surface area contributed by atoms with Crippen molar-refractivity contribution in [2.24, 2.45) is 0 Å². The largest absolute Gasteiger partial charge is 2.00 e. The zero-order valence-electron chi connectivity index (χ0n) is 17.6. The van der Waals surface area contributed by atoms with Crippen molar-refractivity contribution in [1.82, 2.24) is 0 Å². The summed E-state index contributed by atoms with van der Waals surface area (Å²) in [5.41, 5.74) is 1.18. The molecule has 30 heavy (non-hydrogen) atoms. The van der Waals surface area contributed by atoms with E-state index in [4.69, 9.17) is 11.6 Å². The molecule has 0 saturated heterocycles. The fraction of sp³-hybridized carbons (Fsp3) is 0.111. The third-order valence-electron chi connectivity index (χ3n) is 4.09. The quantitative estimate of drug-likeness (QED) is 0.122. The SMILES string of the molecule is C[SiH]C.ClCc1ccccc1.[Zr+2].c1ccc2[cH-]ccc2c1.c1ccc2[cH-]ccc2c1. The molecule has 0 N–H and O–H groups in total. The Morgan fingerprint density at radius 3 is 1.40 bits per heavy atom. The first kappa shape index (κ1) is 26.3. The molecule has 0 saturated carbocycles. The minimum atomic E-state index is 0. The summed E-state index contributed by atoms with van der Waals surface area (Å²) in [6, 6.07) is 39.3. The van der Waals surface area contributed by atoms with Crippen LogP contribution < -0.4 is 0 Å². The van der Waals surface area contributed by atoms with E-state index in [2.05, 4.69) is 98.0 Å². The first-order chi connectivity index (χ1) is 14.3. The van der Waals surface area contributed by atoms with Crippen molar-refractivity contribution in [3.63, 3.8) is 0 Å². The van der Waals surface area contributed by atoms with Gasteiger partial charge in [0.1, 0.15) is 0 Å². The summed E-state index contributed by atoms with van der Waals surface area (Å²) < 4.78 is 0. The van der Waals surface area contributed by atoms with E-state index < -0.39 is 0 Å². The second-order valence-corrected chi connectivity index (χ2v) is 7.93. The van der Waals surface area contributed by atoms with Crippen LogP contribution in [0.1, 0.15) is 5.56 Å². The number of hydrogen-bond donors (Lipinski definition) is 0. The predicted octanol–water partition coefficient (Wildman–Crippen LogP) is 8.06. The van der Waals surface area contributed by atoms with E-state index in [9.17, 15) is 0 Å². The van der Waals surface area contributed by atoms with Crippen LogP contribution in [0, 0.1) is 0 Å². The normalized spacial score (nSPS) is 9.17. The van der Waals surface area contributed by atoms with Gasteiger partial charge in [-0.3, -0.25) is 0 Å². The molecule has 0 aromatic heterocycles. The van der Waals surface area contributed by atoms with Crippen molar-refractivity contribution in [3.8, 4) is 0 Å². The Morgan fingerprint density at radius 1 is 0.633 bits per heavy atom. The molecule has 0 spiro atoms. The second kappa shape index (κ2) is 16.0. The van der Waals surface area contributed by atoms with Gasteiger partial charge in [-0.25, -0.2) is 0 Å². The molecule has 5 aromatic carbocycles. The van der Waals surface area contributed by atoms with E-state index >= 15 is 0 Å². The average Bonchev–Trinajstić information content (AvgIpc) is 3.45. The molecule has 1 radical (unpaired) electrons. The Hall–Kier alpha value is -1.73. The Balaban J connectivity index is 0.000000209. The Morgan fingerprint density at radius 2 is 1.03 bits per heavy atom. The molecule has 0 unspecified atom stereocenters. The maximum atomic E-state index is 5.53. The zero-order chi connectivity index (χ0) is 20.7. The first-order valence-electron chi connectivity index (χ1n) is 9.83. The minimum absolute atomic E-state index is 0. The number of benzene rings is 3. The monoisotopic (exact) mass is 505 g/mol. The molecular weight excluding hydrogens is 479 g/mol. The summed E-state index contributed by atoms with van der Waals surface area (Å²) in [5, 5.41) is 5.32. The number of fused-ring (bicyclic) bond motifs is 2. The van der Waals surface area contributed by atoms with Crippen LogP contribution in [0.5, 0.6) is 0 Å². The Kier molecular flexibility index (Phi) is 14.1. The summed E-state index contributed by atoms with van der Waals surface area (Å²) in [5.74, 6) is 0.612. The van der Waals surface area contributed by atoms with Gasteiger partial charge in [0, 0.05) is 15.4 Å². The van der Waals surface area contributed by atoms with Crippen LogP contribution in [-0.2, 0) is 32.1 Å². The molecule has 5 rings (SSSR count). The summed E-state index contributed by atoms with van der Waals surface area (Å²) in [4.78, 5) is 0. The van der Waals surface area contributed by atoms with Crippen LogP contribution in [0.3, 0.4) is 0 Å². The van der Waals surface area contributed by atoms with E-state index in [1.165, 1.54) is 27.1 Å². The number of halogens is 1. The predicted molar refractivity (Wildman–Crippen MR) is 134 cm³/mol. The molecule has 5 aromatic rings. The van der Waals surface area contributed by atoms with Gasteiger partial charge in [-0.2, -0.15) is 35.0 Å². The van der Waals surface area contributed by atoms with E-state index in [1.807, 2.05) is 30.3 Å². The molecular formula is C27H28ClSiZr. The van der Waals surface area contributed by atoms with E-state index in [0.717, 1.165) is 9.52 Å². The number of hydrogen-bond acceptors (Lipinski definition) is 0. The van der Waals surface area contributed by atoms with Crippen LogP contribution in [0.25, 0.3) is 21.5 Å². The minimum Gasteiger partial charge on any atom is -0.168 e. The fourth-order valence-corrected chi connectivity index (χ4v) is 2.89. The van der Waals surface area contributed by atoms with Gasteiger partial charge in [0.25, 0.3) is 0 Å². The van der Waals surface area contributed by atoms with E-state index in [-0.39, 0.29) is 26.2 Å². The maximum Gasteiger partial charge on any atom is 2.00 e. The standard InChI is InChI=1S/2C9H7.C7H7Cl.C2H7Si.Zr/c2*1-2-5-9-7-3-6-8(9)4-1;8-6-7-4-2-1-3-5-7;1-3-2;/h2*1-7H;1-5H,6H2;3H,1-2H3;/q2*-1;;;+2. The topological polar surface area (TPSA) is 0 Å². The summed E-state index contributed by atoms with van der Waals surface area (Å²) in [7, 11) is 0.750. The molecule has 0 amide bonds. The van der Waals surface area contributed by atoms with Crippen LogP contribution in [0.2, 0.25) is 13.1 Å². The van der Waals surface area contributed by atoms with Crippen molar-refractivity contribution in [1.29, 1.82) is 0 Å². The van der Waals surface area contributed by atoms with Crippen LogP contribution in [0.4, 0.5) is 0 Å². The molecule has 0 heterocycles. The molecule has 0 fully saturated rings. The van der Waals surface area contributed by atoms with Gasteiger partial charge in [0.05, 0.1) is 0 Å². The molecule has 151 valence electrons. The number of rotatable bonds is 1. The molecule has 0 aliphatic carbocycles. The van der Waals surface area contributed by atoms with Gasteiger partial charge >= 0.3 is 26.2 Å². The fourth-order valence-electron chi connectivity index (χ4n) is 2.71. The third-order valence-corrected chi connectivity index (χ3v) is 4.40. The van der Waals surface area contributed by atoms with Crippen molar-refractivity contribution in [2.45, 2.75) is 19.0 Å². The second-order valence-electron chi connectivity index (χ2n) is 6.51. The van der Waals surface area contributed by atoms with Crippen molar-refractivity contribution < 1.29 is 26.2 Å². The molecule has 3 heteroatoms. The van der Waals surface area contributed by atoms with Gasteiger partial charge in [-0.05, 0) is 5.56 Å². The van der Waals surface area contributed by atoms with E-state index in [0.29, 0.717) is 5.88 Å². The Bertz CT molecular complexity index is 924. The average molecular weight is 507 g/mol. The zero-order valence-corrected chi connectivity index (χ0v) is 22.0. The van der Waals surface area contributed by atoms with Crippen LogP contribution in [-0.4, -0.2) is 9.52 Å². The van der Waals surface area contributed by atoms with Crippen molar-refractivity contribution >= 4 is 42.7 Å². The van der Waals surface area contributed by atoms with Gasteiger partial charge in [-0.1, -0.05) is 55.6 Å². The maximum absolute atomic E-state index is 5.53. The summed E-state index contributed by atoms with van der Waals surface area (Å²) in [6.45, 7) is 4.42.